The summed E-state index contributed by atoms with van der Waals surface area (Å²) in [6.07, 6.45) is 0.342. The number of amides is 1. The molecule has 30 heavy (non-hydrogen) atoms. The molecule has 164 valence electrons. The first-order chi connectivity index (χ1) is 13.8. The third kappa shape index (κ3) is 7.80. The van der Waals surface area contributed by atoms with E-state index in [0.717, 1.165) is 36.9 Å². The molecule has 0 atom stereocenters. The average molecular weight is 481 g/mol. The highest BCUT2D eigenvalue weighted by Crippen LogP contribution is 2.26. The minimum Gasteiger partial charge on any atom is -0.420 e. The van der Waals surface area contributed by atoms with Gasteiger partial charge in [-0.1, -0.05) is 17.7 Å². The molecule has 5 nitrogen and oxygen atoms in total. The van der Waals surface area contributed by atoms with Crippen molar-refractivity contribution in [2.24, 2.45) is 0 Å². The lowest BCUT2D eigenvalue weighted by molar-refractivity contribution is -0.116. The van der Waals surface area contributed by atoms with E-state index in [1.807, 2.05) is 24.3 Å². The summed E-state index contributed by atoms with van der Waals surface area (Å²) < 4.78 is 29.4. The van der Waals surface area contributed by atoms with Gasteiger partial charge in [-0.15, -0.1) is 21.2 Å². The van der Waals surface area contributed by atoms with Gasteiger partial charge in [0, 0.05) is 67.1 Å². The number of benzene rings is 2. The topological polar surface area (TPSA) is 44.8 Å². The van der Waals surface area contributed by atoms with Crippen molar-refractivity contribution in [3.05, 3.63) is 53.6 Å². The third-order valence-electron chi connectivity index (χ3n) is 4.57. The van der Waals surface area contributed by atoms with Gasteiger partial charge in [0.25, 0.3) is 0 Å². The Morgan fingerprint density at radius 2 is 1.77 bits per heavy atom. The van der Waals surface area contributed by atoms with Crippen LogP contribution >= 0.6 is 35.6 Å². The maximum Gasteiger partial charge on any atom is 0.487 e. The molecule has 0 saturated carbocycles. The van der Waals surface area contributed by atoms with Gasteiger partial charge in [0.15, 0.2) is 0 Å². The molecular weight excluding hydrogens is 459 g/mol. The highest BCUT2D eigenvalue weighted by Gasteiger charge is 2.27. The number of rotatable bonds is 7. The maximum atomic E-state index is 12.6. The molecule has 0 aliphatic carbocycles. The van der Waals surface area contributed by atoms with Gasteiger partial charge in [-0.2, -0.15) is 0 Å². The van der Waals surface area contributed by atoms with Crippen molar-refractivity contribution in [2.75, 3.05) is 42.9 Å². The van der Waals surface area contributed by atoms with Crippen LogP contribution in [0.3, 0.4) is 0 Å². The third-order valence-corrected chi connectivity index (χ3v) is 4.88. The van der Waals surface area contributed by atoms with Crippen molar-refractivity contribution in [3.63, 3.8) is 0 Å². The number of halogens is 5. The van der Waals surface area contributed by atoms with Crippen molar-refractivity contribution < 1.29 is 18.3 Å². The van der Waals surface area contributed by atoms with E-state index in [1.54, 1.807) is 0 Å². The predicted molar refractivity (Wildman–Crippen MR) is 118 cm³/mol. The number of ether oxygens (including phenoxy) is 1. The van der Waals surface area contributed by atoms with E-state index in [1.165, 1.54) is 24.3 Å². The molecule has 1 aliphatic heterocycles. The first-order valence-electron chi connectivity index (χ1n) is 9.17. The van der Waals surface area contributed by atoms with Crippen molar-refractivity contribution >= 4 is 52.9 Å². The van der Waals surface area contributed by atoms with Gasteiger partial charge in [0.2, 0.25) is 5.91 Å². The van der Waals surface area contributed by atoms with Gasteiger partial charge in [-0.05, 0) is 42.5 Å². The van der Waals surface area contributed by atoms with Crippen LogP contribution in [0.1, 0.15) is 6.42 Å². The number of hydrogen-bond acceptors (Lipinski definition) is 4. The Morgan fingerprint density at radius 3 is 2.37 bits per heavy atom. The summed E-state index contributed by atoms with van der Waals surface area (Å²) in [6, 6.07) is 13.4. The Bertz CT molecular complexity index is 827. The van der Waals surface area contributed by atoms with E-state index >= 15 is 0 Å². The molecular formula is C20H22Cl3F2N3O2. The lowest BCUT2D eigenvalue weighted by Gasteiger charge is -2.36. The molecule has 2 aromatic rings. The highest BCUT2D eigenvalue weighted by atomic mass is 35.5. The number of alkyl halides is 3. The Morgan fingerprint density at radius 1 is 1.10 bits per heavy atom. The van der Waals surface area contributed by atoms with Gasteiger partial charge in [-0.3, -0.25) is 9.69 Å². The number of piperazine rings is 1. The molecule has 0 bridgehead atoms. The predicted octanol–water partition coefficient (Wildman–Crippen LogP) is 5.08. The van der Waals surface area contributed by atoms with Crippen molar-refractivity contribution in [1.82, 2.24) is 4.90 Å². The Labute approximate surface area is 190 Å². The van der Waals surface area contributed by atoms with Crippen molar-refractivity contribution in [1.29, 1.82) is 0 Å². The fourth-order valence-corrected chi connectivity index (χ4v) is 3.40. The van der Waals surface area contributed by atoms with E-state index in [9.17, 15) is 13.6 Å². The number of nitrogens with one attached hydrogen (secondary N) is 1. The number of anilines is 2. The normalized spacial score (nSPS) is 14.7. The monoisotopic (exact) mass is 479 g/mol. The van der Waals surface area contributed by atoms with Gasteiger partial charge in [0.1, 0.15) is 5.75 Å². The van der Waals surface area contributed by atoms with E-state index < -0.39 is 5.57 Å². The van der Waals surface area contributed by atoms with Crippen molar-refractivity contribution in [2.45, 2.75) is 12.0 Å². The van der Waals surface area contributed by atoms with Crippen LogP contribution in [0.25, 0.3) is 0 Å². The second kappa shape index (κ2) is 11.0. The van der Waals surface area contributed by atoms with E-state index in [-0.39, 0.29) is 24.1 Å². The van der Waals surface area contributed by atoms with Gasteiger partial charge < -0.3 is 15.0 Å². The molecule has 1 saturated heterocycles. The standard InChI is InChI=1S/C20H21Cl2F2N3O2.ClH/c21-15-2-1-3-17(14-15)27-12-10-26(11-13-27)9-8-19(28)25-16-4-6-18(7-5-16)29-20(22,23)24;/h1-7,14H,8-13H2,(H,25,28);1H. The quantitative estimate of drug-likeness (QED) is 0.561. The van der Waals surface area contributed by atoms with Gasteiger partial charge in [0.05, 0.1) is 0 Å². The zero-order chi connectivity index (χ0) is 20.9. The summed E-state index contributed by atoms with van der Waals surface area (Å²) in [4.78, 5) is 16.7. The van der Waals surface area contributed by atoms with E-state index in [4.69, 9.17) is 23.2 Å². The SMILES string of the molecule is Cl.O=C(CCN1CCN(c2cccc(Cl)c2)CC1)Nc1ccc(OC(F)(F)Cl)cc1. The first-order valence-corrected chi connectivity index (χ1v) is 9.93. The summed E-state index contributed by atoms with van der Waals surface area (Å²) in [5.74, 6) is -0.223. The van der Waals surface area contributed by atoms with Crippen LogP contribution in [-0.2, 0) is 4.79 Å². The zero-order valence-electron chi connectivity index (χ0n) is 16.0. The van der Waals surface area contributed by atoms with Crippen molar-refractivity contribution in [3.8, 4) is 5.75 Å². The molecule has 1 aliphatic rings. The molecule has 0 radical (unpaired) electrons. The fourth-order valence-electron chi connectivity index (χ4n) is 3.13. The second-order valence-electron chi connectivity index (χ2n) is 6.68. The number of hydrogen-bond donors (Lipinski definition) is 1. The average Bonchev–Trinajstić information content (AvgIpc) is 2.67. The van der Waals surface area contributed by atoms with E-state index in [0.29, 0.717) is 18.7 Å². The molecule has 1 heterocycles. The first kappa shape index (κ1) is 24.5. The van der Waals surface area contributed by atoms with Crippen LogP contribution in [-0.4, -0.2) is 49.1 Å². The minimum absolute atomic E-state index is 0. The fraction of sp³-hybridized carbons (Fsp3) is 0.350. The van der Waals surface area contributed by atoms with Crippen LogP contribution in [0.15, 0.2) is 48.5 Å². The van der Waals surface area contributed by atoms with Crippen LogP contribution in [0.2, 0.25) is 5.02 Å². The Hall–Kier alpha value is -1.80. The molecule has 1 amide bonds. The Kier molecular flexibility index (Phi) is 8.97. The molecule has 1 fully saturated rings. The molecule has 2 aromatic carbocycles. The van der Waals surface area contributed by atoms with Crippen LogP contribution in [0.5, 0.6) is 5.75 Å². The number of carbonyl (C=O) groups excluding carboxylic acids is 1. The van der Waals surface area contributed by atoms with Gasteiger partial charge in [-0.25, -0.2) is 0 Å². The molecule has 0 spiro atoms. The smallest absolute Gasteiger partial charge is 0.420 e. The minimum atomic E-state index is -3.76. The Balaban J connectivity index is 0.00000320. The summed E-state index contributed by atoms with van der Waals surface area (Å²) in [5.41, 5.74) is -2.15. The van der Waals surface area contributed by atoms with E-state index in [2.05, 4.69) is 19.9 Å². The lowest BCUT2D eigenvalue weighted by Crippen LogP contribution is -2.47. The summed E-state index contributed by atoms with van der Waals surface area (Å²) in [6.45, 7) is 4.11. The van der Waals surface area contributed by atoms with Crippen LogP contribution in [0.4, 0.5) is 20.2 Å². The molecule has 10 heteroatoms. The zero-order valence-corrected chi connectivity index (χ0v) is 18.3. The van der Waals surface area contributed by atoms with Gasteiger partial charge >= 0.3 is 5.57 Å². The maximum absolute atomic E-state index is 12.6. The molecule has 3 rings (SSSR count). The summed E-state index contributed by atoms with van der Waals surface area (Å²) in [5, 5.41) is 3.47. The van der Waals surface area contributed by atoms with Crippen LogP contribution in [0, 0.1) is 0 Å². The second-order valence-corrected chi connectivity index (χ2v) is 7.56. The number of carbonyl (C=O) groups is 1. The van der Waals surface area contributed by atoms with Crippen LogP contribution < -0.4 is 15.0 Å². The highest BCUT2D eigenvalue weighted by molar-refractivity contribution is 6.30. The molecule has 1 N–H and O–H groups in total. The largest absolute Gasteiger partial charge is 0.487 e. The summed E-state index contributed by atoms with van der Waals surface area (Å²) >= 11 is 10.8. The molecule has 0 unspecified atom stereocenters. The lowest BCUT2D eigenvalue weighted by atomic mass is 10.2. The molecule has 0 aromatic heterocycles. The number of nitrogens with zero attached hydrogens (tertiary/aromatic N) is 2. The summed E-state index contributed by atoms with van der Waals surface area (Å²) in [7, 11) is 0.